The van der Waals surface area contributed by atoms with Gasteiger partial charge in [0, 0.05) is 37.1 Å². The van der Waals surface area contributed by atoms with E-state index in [1.54, 1.807) is 18.6 Å². The number of benzene rings is 1. The third kappa shape index (κ3) is 3.57. The van der Waals surface area contributed by atoms with Crippen LogP contribution in [0, 0.1) is 0 Å². The van der Waals surface area contributed by atoms with Gasteiger partial charge < -0.3 is 15.0 Å². The number of nitrogens with zero attached hydrogens (tertiary/aromatic N) is 3. The van der Waals surface area contributed by atoms with Crippen LogP contribution in [0.1, 0.15) is 35.2 Å². The first-order valence-electron chi connectivity index (χ1n) is 8.87. The highest BCUT2D eigenvalue weighted by atomic mass is 16.5. The van der Waals surface area contributed by atoms with E-state index < -0.39 is 0 Å². The largest absolute Gasteiger partial charge is 0.493 e. The first kappa shape index (κ1) is 15.9. The fourth-order valence-electron chi connectivity index (χ4n) is 3.53. The van der Waals surface area contributed by atoms with E-state index in [1.165, 1.54) is 0 Å². The van der Waals surface area contributed by atoms with Gasteiger partial charge in [0.1, 0.15) is 11.6 Å². The Bertz CT molecular complexity index is 750. The number of piperidine rings is 1. The molecule has 1 atom stereocenters. The predicted octanol–water partition coefficient (Wildman–Crippen LogP) is 2.20. The van der Waals surface area contributed by atoms with Crippen molar-refractivity contribution in [2.24, 2.45) is 0 Å². The topological polar surface area (TPSA) is 67.4 Å². The van der Waals surface area contributed by atoms with Crippen LogP contribution in [0.2, 0.25) is 0 Å². The van der Waals surface area contributed by atoms with E-state index in [4.69, 9.17) is 4.74 Å². The van der Waals surface area contributed by atoms with E-state index in [-0.39, 0.29) is 11.9 Å². The maximum atomic E-state index is 12.6. The number of hydrogen-bond acceptors (Lipinski definition) is 5. The van der Waals surface area contributed by atoms with E-state index in [0.29, 0.717) is 5.56 Å². The highest BCUT2D eigenvalue weighted by Gasteiger charge is 2.23. The van der Waals surface area contributed by atoms with Gasteiger partial charge in [-0.25, -0.2) is 4.98 Å². The maximum Gasteiger partial charge on any atom is 0.251 e. The first-order valence-corrected chi connectivity index (χ1v) is 8.87. The Hall–Kier alpha value is -2.63. The van der Waals surface area contributed by atoms with Gasteiger partial charge in [-0.3, -0.25) is 9.78 Å². The molecule has 0 unspecified atom stereocenters. The molecule has 2 aliphatic rings. The number of rotatable bonds is 3. The minimum atomic E-state index is -0.0145. The molecule has 130 valence electrons. The number of carbonyl (C=O) groups excluding carboxylic acids is 1. The summed E-state index contributed by atoms with van der Waals surface area (Å²) in [5, 5.41) is 3.17. The molecular formula is C19H22N4O2. The van der Waals surface area contributed by atoms with Crippen molar-refractivity contribution >= 4 is 11.7 Å². The van der Waals surface area contributed by atoms with Crippen LogP contribution in [-0.2, 0) is 6.42 Å². The van der Waals surface area contributed by atoms with Crippen LogP contribution in [0.4, 0.5) is 5.82 Å². The minimum Gasteiger partial charge on any atom is -0.493 e. The highest BCUT2D eigenvalue weighted by Crippen LogP contribution is 2.25. The average Bonchev–Trinajstić information content (AvgIpc) is 2.68. The second kappa shape index (κ2) is 7.09. The number of nitrogens with one attached hydrogen (secondary N) is 1. The minimum absolute atomic E-state index is 0.0145. The average molecular weight is 338 g/mol. The lowest BCUT2D eigenvalue weighted by Gasteiger charge is -2.33. The van der Waals surface area contributed by atoms with Gasteiger partial charge in [-0.15, -0.1) is 0 Å². The number of hydrogen-bond donors (Lipinski definition) is 1. The molecule has 25 heavy (non-hydrogen) atoms. The summed E-state index contributed by atoms with van der Waals surface area (Å²) in [5.74, 6) is 1.76. The molecule has 1 fully saturated rings. The van der Waals surface area contributed by atoms with Crippen molar-refractivity contribution in [1.82, 2.24) is 15.3 Å². The van der Waals surface area contributed by atoms with E-state index in [2.05, 4.69) is 20.2 Å². The van der Waals surface area contributed by atoms with Crippen molar-refractivity contribution in [3.63, 3.8) is 0 Å². The summed E-state index contributed by atoms with van der Waals surface area (Å²) in [7, 11) is 0. The van der Waals surface area contributed by atoms with Crippen LogP contribution in [0.15, 0.2) is 36.8 Å². The molecule has 1 saturated heterocycles. The van der Waals surface area contributed by atoms with Crippen LogP contribution in [0.3, 0.4) is 0 Å². The Morgan fingerprint density at radius 3 is 3.12 bits per heavy atom. The van der Waals surface area contributed by atoms with Crippen molar-refractivity contribution in [3.05, 3.63) is 47.9 Å². The molecule has 0 aliphatic carbocycles. The zero-order chi connectivity index (χ0) is 17.1. The predicted molar refractivity (Wildman–Crippen MR) is 95.0 cm³/mol. The third-order valence-electron chi connectivity index (χ3n) is 4.80. The van der Waals surface area contributed by atoms with E-state index in [9.17, 15) is 4.79 Å². The molecule has 0 saturated carbocycles. The molecule has 1 N–H and O–H groups in total. The van der Waals surface area contributed by atoms with Gasteiger partial charge in [-0.2, -0.15) is 0 Å². The molecular weight excluding hydrogens is 316 g/mol. The van der Waals surface area contributed by atoms with Crippen molar-refractivity contribution in [2.75, 3.05) is 24.6 Å². The molecule has 0 spiro atoms. The van der Waals surface area contributed by atoms with Gasteiger partial charge in [-0.1, -0.05) is 0 Å². The number of fused-ring (bicyclic) bond motifs is 1. The molecule has 1 amide bonds. The molecule has 6 heteroatoms. The van der Waals surface area contributed by atoms with Gasteiger partial charge in [0.2, 0.25) is 0 Å². The zero-order valence-electron chi connectivity index (χ0n) is 14.1. The Labute approximate surface area is 147 Å². The Kier molecular flexibility index (Phi) is 4.50. The van der Waals surface area contributed by atoms with Crippen LogP contribution < -0.4 is 15.0 Å². The summed E-state index contributed by atoms with van der Waals surface area (Å²) >= 11 is 0. The normalized spacial score (nSPS) is 19.7. The van der Waals surface area contributed by atoms with Gasteiger partial charge in [0.05, 0.1) is 12.8 Å². The van der Waals surface area contributed by atoms with Crippen LogP contribution in [0.5, 0.6) is 5.75 Å². The number of amides is 1. The van der Waals surface area contributed by atoms with Crippen LogP contribution >= 0.6 is 0 Å². The van der Waals surface area contributed by atoms with Crippen LogP contribution in [-0.4, -0.2) is 41.6 Å². The maximum absolute atomic E-state index is 12.6. The quantitative estimate of drug-likeness (QED) is 0.929. The Balaban J connectivity index is 1.42. The number of anilines is 1. The zero-order valence-corrected chi connectivity index (χ0v) is 14.1. The van der Waals surface area contributed by atoms with Gasteiger partial charge in [0.15, 0.2) is 0 Å². The second-order valence-corrected chi connectivity index (χ2v) is 6.60. The third-order valence-corrected chi connectivity index (χ3v) is 4.80. The summed E-state index contributed by atoms with van der Waals surface area (Å²) in [6.07, 6.45) is 9.14. The molecule has 2 aromatic rings. The summed E-state index contributed by atoms with van der Waals surface area (Å²) in [4.78, 5) is 23.3. The number of aromatic nitrogens is 2. The summed E-state index contributed by atoms with van der Waals surface area (Å²) in [6.45, 7) is 2.47. The van der Waals surface area contributed by atoms with E-state index in [0.717, 1.165) is 62.5 Å². The summed E-state index contributed by atoms with van der Waals surface area (Å²) in [6, 6.07) is 5.85. The lowest BCUT2D eigenvalue weighted by atomic mass is 10.0. The van der Waals surface area contributed by atoms with Gasteiger partial charge >= 0.3 is 0 Å². The summed E-state index contributed by atoms with van der Waals surface area (Å²) < 4.78 is 5.62. The lowest BCUT2D eigenvalue weighted by Crippen LogP contribution is -2.48. The Morgan fingerprint density at radius 1 is 1.28 bits per heavy atom. The molecule has 0 radical (unpaired) electrons. The van der Waals surface area contributed by atoms with Crippen molar-refractivity contribution in [2.45, 2.75) is 31.7 Å². The van der Waals surface area contributed by atoms with Crippen LogP contribution in [0.25, 0.3) is 0 Å². The van der Waals surface area contributed by atoms with Gasteiger partial charge in [-0.05, 0) is 49.4 Å². The highest BCUT2D eigenvalue weighted by molar-refractivity contribution is 5.94. The fourth-order valence-corrected chi connectivity index (χ4v) is 3.53. The van der Waals surface area contributed by atoms with Crippen molar-refractivity contribution < 1.29 is 9.53 Å². The molecule has 6 nitrogen and oxygen atoms in total. The van der Waals surface area contributed by atoms with Gasteiger partial charge in [0.25, 0.3) is 5.91 Å². The molecule has 4 rings (SSSR count). The fraction of sp³-hybridized carbons (Fsp3) is 0.421. The SMILES string of the molecule is O=C(N[C@@H]1CCCN(c2cnccn2)C1)c1ccc2c(c1)CCCO2. The second-order valence-electron chi connectivity index (χ2n) is 6.60. The van der Waals surface area contributed by atoms with E-state index >= 15 is 0 Å². The molecule has 1 aromatic carbocycles. The molecule has 2 aliphatic heterocycles. The number of ether oxygens (including phenoxy) is 1. The molecule has 0 bridgehead atoms. The molecule has 1 aromatic heterocycles. The first-order chi connectivity index (χ1) is 12.3. The smallest absolute Gasteiger partial charge is 0.251 e. The molecule has 3 heterocycles. The Morgan fingerprint density at radius 2 is 2.24 bits per heavy atom. The van der Waals surface area contributed by atoms with Crippen molar-refractivity contribution in [3.8, 4) is 5.75 Å². The lowest BCUT2D eigenvalue weighted by molar-refractivity contribution is 0.0933. The van der Waals surface area contributed by atoms with E-state index in [1.807, 2.05) is 18.2 Å². The monoisotopic (exact) mass is 338 g/mol. The number of aryl methyl sites for hydroxylation is 1. The summed E-state index contributed by atoms with van der Waals surface area (Å²) in [5.41, 5.74) is 1.84. The standard InChI is InChI=1S/C19H22N4O2/c24-19(15-5-6-17-14(11-15)3-2-10-25-17)22-16-4-1-9-23(13-16)18-12-20-7-8-21-18/h5-8,11-12,16H,1-4,9-10,13H2,(H,22,24)/t16-/m1/s1. The number of carbonyl (C=O) groups is 1. The van der Waals surface area contributed by atoms with Crippen molar-refractivity contribution in [1.29, 1.82) is 0 Å².